The predicted octanol–water partition coefficient (Wildman–Crippen LogP) is 3.81. The topological polar surface area (TPSA) is 56.8 Å². The molecule has 0 atom stereocenters. The van der Waals surface area contributed by atoms with E-state index < -0.39 is 0 Å². The highest BCUT2D eigenvalue weighted by Gasteiger charge is 2.43. The third-order valence-electron chi connectivity index (χ3n) is 6.44. The zero-order valence-corrected chi connectivity index (χ0v) is 18.9. The Hall–Kier alpha value is -3.93. The van der Waals surface area contributed by atoms with E-state index in [0.29, 0.717) is 30.0 Å². The van der Waals surface area contributed by atoms with Gasteiger partial charge in [-0.05, 0) is 54.8 Å². The largest absolute Gasteiger partial charge is 0.363 e. The number of hydrogen-bond donors (Lipinski definition) is 0. The summed E-state index contributed by atoms with van der Waals surface area (Å²) in [6.07, 6.45) is 1.79. The van der Waals surface area contributed by atoms with Gasteiger partial charge in [-0.15, -0.1) is 0 Å². The van der Waals surface area contributed by atoms with Crippen molar-refractivity contribution in [3.8, 4) is 0 Å². The van der Waals surface area contributed by atoms with E-state index in [9.17, 15) is 9.59 Å². The maximum Gasteiger partial charge on any atom is 0.282 e. The summed E-state index contributed by atoms with van der Waals surface area (Å²) in [5, 5.41) is 0. The van der Waals surface area contributed by atoms with Gasteiger partial charge in [0.1, 0.15) is 11.5 Å². The van der Waals surface area contributed by atoms with Crippen molar-refractivity contribution in [2.24, 2.45) is 0 Å². The number of aryl methyl sites for hydroxylation is 2. The van der Waals surface area contributed by atoms with E-state index >= 15 is 0 Å². The van der Waals surface area contributed by atoms with Crippen molar-refractivity contribution in [3.05, 3.63) is 95.3 Å². The fraction of sp³-hybridized carbons (Fsp3) is 0.222. The predicted molar refractivity (Wildman–Crippen MR) is 130 cm³/mol. The Morgan fingerprint density at radius 3 is 2.09 bits per heavy atom. The highest BCUT2D eigenvalue weighted by Crippen LogP contribution is 2.35. The van der Waals surface area contributed by atoms with Crippen molar-refractivity contribution in [2.75, 3.05) is 36.0 Å². The Labute approximate surface area is 193 Å². The number of benzene rings is 2. The Kier molecular flexibility index (Phi) is 5.42. The summed E-state index contributed by atoms with van der Waals surface area (Å²) in [6, 6.07) is 21.0. The lowest BCUT2D eigenvalue weighted by Gasteiger charge is -2.37. The molecule has 33 heavy (non-hydrogen) atoms. The molecule has 0 bridgehead atoms. The molecule has 1 saturated heterocycles. The van der Waals surface area contributed by atoms with Gasteiger partial charge in [0, 0.05) is 32.4 Å². The van der Waals surface area contributed by atoms with Gasteiger partial charge >= 0.3 is 0 Å². The molecule has 0 saturated carbocycles. The molecule has 5 rings (SSSR count). The fourth-order valence-corrected chi connectivity index (χ4v) is 4.48. The number of para-hydroxylation sites is 1. The van der Waals surface area contributed by atoms with Crippen LogP contribution in [0.2, 0.25) is 0 Å². The summed E-state index contributed by atoms with van der Waals surface area (Å²) in [5.74, 6) is 0.405. The van der Waals surface area contributed by atoms with E-state index in [0.717, 1.165) is 35.6 Å². The molecule has 2 aromatic carbocycles. The van der Waals surface area contributed by atoms with Crippen LogP contribution < -0.4 is 9.80 Å². The summed E-state index contributed by atoms with van der Waals surface area (Å²) in [6.45, 7) is 6.81. The summed E-state index contributed by atoms with van der Waals surface area (Å²) in [7, 11) is 0. The quantitative estimate of drug-likeness (QED) is 0.580. The van der Waals surface area contributed by atoms with Crippen LogP contribution in [0, 0.1) is 13.8 Å². The molecule has 6 heteroatoms. The van der Waals surface area contributed by atoms with Gasteiger partial charge < -0.3 is 9.80 Å². The minimum atomic E-state index is -0.267. The first-order valence-corrected chi connectivity index (χ1v) is 11.2. The molecule has 0 unspecified atom stereocenters. The van der Waals surface area contributed by atoms with Gasteiger partial charge in [0.05, 0.1) is 11.3 Å². The molecule has 0 spiro atoms. The monoisotopic (exact) mass is 438 g/mol. The molecule has 0 N–H and O–H groups in total. The average Bonchev–Trinajstić information content (AvgIpc) is 3.12. The number of carbonyl (C=O) groups excluding carboxylic acids is 2. The second kappa shape index (κ2) is 8.54. The summed E-state index contributed by atoms with van der Waals surface area (Å²) in [5.41, 5.74) is 4.61. The number of nitrogens with zero attached hydrogens (tertiary/aromatic N) is 4. The first-order chi connectivity index (χ1) is 16.0. The van der Waals surface area contributed by atoms with E-state index in [1.165, 1.54) is 4.90 Å². The van der Waals surface area contributed by atoms with Gasteiger partial charge in [-0.2, -0.15) is 0 Å². The van der Waals surface area contributed by atoms with Crippen molar-refractivity contribution in [3.63, 3.8) is 0 Å². The van der Waals surface area contributed by atoms with Crippen LogP contribution in [0.4, 0.5) is 11.5 Å². The number of hydrogen-bond acceptors (Lipinski definition) is 5. The number of rotatable bonds is 4. The number of carbonyl (C=O) groups is 2. The molecule has 0 aliphatic carbocycles. The van der Waals surface area contributed by atoms with Crippen LogP contribution in [0.15, 0.2) is 78.6 Å². The van der Waals surface area contributed by atoms with Gasteiger partial charge in [0.15, 0.2) is 0 Å². The lowest BCUT2D eigenvalue weighted by atomic mass is 9.99. The minimum absolute atomic E-state index is 0.259. The summed E-state index contributed by atoms with van der Waals surface area (Å²) >= 11 is 0. The van der Waals surface area contributed by atoms with Crippen LogP contribution in [-0.4, -0.2) is 47.9 Å². The number of aromatic nitrogens is 1. The van der Waals surface area contributed by atoms with Crippen LogP contribution in [0.1, 0.15) is 16.7 Å². The molecule has 2 amide bonds. The molecule has 166 valence electrons. The third kappa shape index (κ3) is 3.78. The Morgan fingerprint density at radius 1 is 0.727 bits per heavy atom. The van der Waals surface area contributed by atoms with Crippen LogP contribution in [0.3, 0.4) is 0 Å². The van der Waals surface area contributed by atoms with Gasteiger partial charge in [0.25, 0.3) is 11.8 Å². The Morgan fingerprint density at radius 2 is 1.42 bits per heavy atom. The molecule has 1 aromatic heterocycles. The maximum atomic E-state index is 13.7. The normalized spacial score (nSPS) is 16.7. The van der Waals surface area contributed by atoms with Crippen molar-refractivity contribution in [1.29, 1.82) is 0 Å². The molecule has 2 aliphatic rings. The number of imide groups is 1. The van der Waals surface area contributed by atoms with E-state index in [1.54, 1.807) is 18.3 Å². The minimum Gasteiger partial charge on any atom is -0.363 e. The van der Waals surface area contributed by atoms with E-state index in [1.807, 2.05) is 68.4 Å². The standard InChI is InChI=1S/C27H26N4O2/c1-19-11-12-21(18-20(19)2)24-25(27(33)31(26(24)32)22-8-4-3-5-9-22)30-16-14-29(15-17-30)23-10-6-7-13-28-23/h3-13,18H,14-17H2,1-2H3. The zero-order valence-electron chi connectivity index (χ0n) is 18.9. The molecular formula is C27H26N4O2. The van der Waals surface area contributed by atoms with Crippen LogP contribution in [-0.2, 0) is 9.59 Å². The van der Waals surface area contributed by atoms with Crippen molar-refractivity contribution in [1.82, 2.24) is 9.88 Å². The number of pyridine rings is 1. The zero-order chi connectivity index (χ0) is 22.9. The molecule has 3 aromatic rings. The Bertz CT molecular complexity index is 1230. The number of amides is 2. The third-order valence-corrected chi connectivity index (χ3v) is 6.44. The van der Waals surface area contributed by atoms with Gasteiger partial charge in [-0.3, -0.25) is 9.59 Å². The average molecular weight is 439 g/mol. The second-order valence-electron chi connectivity index (χ2n) is 8.47. The fourth-order valence-electron chi connectivity index (χ4n) is 4.48. The Balaban J connectivity index is 1.52. The van der Waals surface area contributed by atoms with Crippen LogP contribution in [0.25, 0.3) is 5.57 Å². The van der Waals surface area contributed by atoms with Crippen molar-refractivity contribution >= 4 is 28.9 Å². The lowest BCUT2D eigenvalue weighted by Crippen LogP contribution is -2.48. The lowest BCUT2D eigenvalue weighted by molar-refractivity contribution is -0.120. The second-order valence-corrected chi connectivity index (χ2v) is 8.47. The molecule has 6 nitrogen and oxygen atoms in total. The van der Waals surface area contributed by atoms with Gasteiger partial charge in [-0.1, -0.05) is 42.5 Å². The first kappa shape index (κ1) is 20.9. The number of piperazine rings is 1. The van der Waals surface area contributed by atoms with Crippen molar-refractivity contribution < 1.29 is 9.59 Å². The highest BCUT2D eigenvalue weighted by molar-refractivity contribution is 6.45. The maximum absolute atomic E-state index is 13.7. The highest BCUT2D eigenvalue weighted by atomic mass is 16.2. The summed E-state index contributed by atoms with van der Waals surface area (Å²) in [4.78, 5) is 37.4. The van der Waals surface area contributed by atoms with Crippen LogP contribution >= 0.6 is 0 Å². The van der Waals surface area contributed by atoms with Gasteiger partial charge in [-0.25, -0.2) is 9.88 Å². The van der Waals surface area contributed by atoms with E-state index in [4.69, 9.17) is 0 Å². The van der Waals surface area contributed by atoms with E-state index in [2.05, 4.69) is 14.8 Å². The molecule has 0 radical (unpaired) electrons. The molecule has 1 fully saturated rings. The summed E-state index contributed by atoms with van der Waals surface area (Å²) < 4.78 is 0. The SMILES string of the molecule is Cc1ccc(C2=C(N3CCN(c4ccccn4)CC3)C(=O)N(c3ccccc3)C2=O)cc1C. The smallest absolute Gasteiger partial charge is 0.282 e. The number of anilines is 2. The van der Waals surface area contributed by atoms with E-state index in [-0.39, 0.29) is 11.8 Å². The van der Waals surface area contributed by atoms with Crippen LogP contribution in [0.5, 0.6) is 0 Å². The molecular weight excluding hydrogens is 412 g/mol. The first-order valence-electron chi connectivity index (χ1n) is 11.2. The van der Waals surface area contributed by atoms with Gasteiger partial charge in [0.2, 0.25) is 0 Å². The molecule has 3 heterocycles. The van der Waals surface area contributed by atoms with Crippen molar-refractivity contribution in [2.45, 2.75) is 13.8 Å². The molecule has 2 aliphatic heterocycles.